The van der Waals surface area contributed by atoms with Crippen LogP contribution < -0.4 is 10.1 Å². The van der Waals surface area contributed by atoms with Crippen molar-refractivity contribution in [2.45, 2.75) is 13.1 Å². The number of nitrogens with one attached hydrogen (secondary N) is 1. The lowest BCUT2D eigenvalue weighted by Crippen LogP contribution is -2.27. The van der Waals surface area contributed by atoms with E-state index in [1.165, 1.54) is 11.0 Å². The predicted octanol–water partition coefficient (Wildman–Crippen LogP) is 1.67. The van der Waals surface area contributed by atoms with E-state index in [-0.39, 0.29) is 12.5 Å². The molecule has 1 N–H and O–H groups in total. The van der Waals surface area contributed by atoms with Crippen molar-refractivity contribution >= 4 is 5.91 Å². The quantitative estimate of drug-likeness (QED) is 0.746. The van der Waals surface area contributed by atoms with E-state index in [4.69, 9.17) is 4.74 Å². The van der Waals surface area contributed by atoms with Gasteiger partial charge >= 0.3 is 0 Å². The zero-order valence-electron chi connectivity index (χ0n) is 13.2. The van der Waals surface area contributed by atoms with Gasteiger partial charge in [0.25, 0.3) is 0 Å². The van der Waals surface area contributed by atoms with E-state index in [1.807, 2.05) is 48.5 Å². The molecule has 24 heavy (non-hydrogen) atoms. The highest BCUT2D eigenvalue weighted by atomic mass is 16.5. The zero-order chi connectivity index (χ0) is 16.8. The van der Waals surface area contributed by atoms with E-state index in [0.717, 1.165) is 22.4 Å². The highest BCUT2D eigenvalue weighted by molar-refractivity contribution is 5.75. The Bertz CT molecular complexity index is 800. The van der Waals surface area contributed by atoms with Gasteiger partial charge in [0, 0.05) is 6.54 Å². The minimum atomic E-state index is -0.140. The number of aromatic nitrogens is 4. The Balaban J connectivity index is 1.59. The lowest BCUT2D eigenvalue weighted by molar-refractivity contribution is -0.122. The first kappa shape index (κ1) is 15.7. The number of hydrogen-bond acceptors (Lipinski definition) is 5. The Labute approximate surface area is 139 Å². The molecule has 122 valence electrons. The number of tetrazole rings is 1. The van der Waals surface area contributed by atoms with Crippen molar-refractivity contribution in [3.63, 3.8) is 0 Å². The molecule has 1 heterocycles. The second-order valence-electron chi connectivity index (χ2n) is 5.21. The Morgan fingerprint density at radius 2 is 2.00 bits per heavy atom. The van der Waals surface area contributed by atoms with Crippen molar-refractivity contribution in [3.05, 3.63) is 60.4 Å². The summed E-state index contributed by atoms with van der Waals surface area (Å²) >= 11 is 0. The van der Waals surface area contributed by atoms with Crippen LogP contribution >= 0.6 is 0 Å². The zero-order valence-corrected chi connectivity index (χ0v) is 13.2. The fraction of sp³-hybridized carbons (Fsp3) is 0.176. The van der Waals surface area contributed by atoms with Crippen LogP contribution in [0.3, 0.4) is 0 Å². The van der Waals surface area contributed by atoms with Crippen molar-refractivity contribution in [2.24, 2.45) is 0 Å². The molecule has 3 rings (SSSR count). The number of carbonyl (C=O) groups is 1. The van der Waals surface area contributed by atoms with Gasteiger partial charge in [-0.25, -0.2) is 4.68 Å². The molecule has 7 nitrogen and oxygen atoms in total. The van der Waals surface area contributed by atoms with Crippen LogP contribution in [0, 0.1) is 0 Å². The van der Waals surface area contributed by atoms with Crippen molar-refractivity contribution in [1.29, 1.82) is 0 Å². The number of benzene rings is 2. The molecule has 0 fully saturated rings. The van der Waals surface area contributed by atoms with Gasteiger partial charge in [-0.15, -0.1) is 5.10 Å². The summed E-state index contributed by atoms with van der Waals surface area (Å²) in [6.45, 7) is 0.564. The first-order chi connectivity index (χ1) is 11.7. The van der Waals surface area contributed by atoms with Crippen LogP contribution in [0.4, 0.5) is 0 Å². The number of hydrogen-bond donors (Lipinski definition) is 1. The van der Waals surface area contributed by atoms with Crippen LogP contribution in [-0.4, -0.2) is 33.2 Å². The molecule has 1 aromatic heterocycles. The van der Waals surface area contributed by atoms with Gasteiger partial charge in [0.1, 0.15) is 18.6 Å². The molecule has 0 bridgehead atoms. The van der Waals surface area contributed by atoms with Crippen LogP contribution in [0.5, 0.6) is 5.75 Å². The maximum atomic E-state index is 11.8. The second kappa shape index (κ2) is 7.36. The monoisotopic (exact) mass is 323 g/mol. The largest absolute Gasteiger partial charge is 0.497 e. The van der Waals surface area contributed by atoms with Gasteiger partial charge in [0.2, 0.25) is 5.91 Å². The highest BCUT2D eigenvalue weighted by Gasteiger charge is 2.04. The number of ether oxygens (including phenoxy) is 1. The maximum Gasteiger partial charge on any atom is 0.242 e. The number of methoxy groups -OCH3 is 1. The molecular weight excluding hydrogens is 306 g/mol. The van der Waals surface area contributed by atoms with Crippen LogP contribution in [-0.2, 0) is 17.9 Å². The minimum Gasteiger partial charge on any atom is -0.497 e. The summed E-state index contributed by atoms with van der Waals surface area (Å²) in [7, 11) is 1.65. The van der Waals surface area contributed by atoms with Crippen molar-refractivity contribution < 1.29 is 9.53 Å². The topological polar surface area (TPSA) is 81.9 Å². The van der Waals surface area contributed by atoms with Crippen molar-refractivity contribution in [3.8, 4) is 16.9 Å². The summed E-state index contributed by atoms with van der Waals surface area (Å²) in [5, 5.41) is 13.5. The molecule has 0 saturated carbocycles. The summed E-state index contributed by atoms with van der Waals surface area (Å²) in [4.78, 5) is 11.8. The molecule has 7 heteroatoms. The van der Waals surface area contributed by atoms with Gasteiger partial charge in [-0.1, -0.05) is 36.4 Å². The van der Waals surface area contributed by atoms with E-state index in [1.54, 1.807) is 7.11 Å². The summed E-state index contributed by atoms with van der Waals surface area (Å²) < 4.78 is 6.62. The molecule has 0 spiro atoms. The van der Waals surface area contributed by atoms with Crippen LogP contribution in [0.1, 0.15) is 5.56 Å². The van der Waals surface area contributed by atoms with Crippen molar-refractivity contribution in [1.82, 2.24) is 25.5 Å². The molecule has 0 aliphatic heterocycles. The summed E-state index contributed by atoms with van der Waals surface area (Å²) in [5.41, 5.74) is 3.20. The summed E-state index contributed by atoms with van der Waals surface area (Å²) in [6.07, 6.45) is 1.41. The standard InChI is InChI=1S/C17H17N5O2/c1-24-16-4-2-3-15(9-16)14-7-5-13(6-8-14)10-18-17(23)11-22-12-19-20-21-22/h2-9,12H,10-11H2,1H3,(H,18,23). The first-order valence-electron chi connectivity index (χ1n) is 7.45. The van der Waals surface area contributed by atoms with Gasteiger partial charge in [-0.2, -0.15) is 0 Å². The molecule has 0 unspecified atom stereocenters. The fourth-order valence-corrected chi connectivity index (χ4v) is 2.27. The van der Waals surface area contributed by atoms with E-state index in [2.05, 4.69) is 20.8 Å². The molecule has 2 aromatic carbocycles. The second-order valence-corrected chi connectivity index (χ2v) is 5.21. The third kappa shape index (κ3) is 3.95. The first-order valence-corrected chi connectivity index (χ1v) is 7.45. The lowest BCUT2D eigenvalue weighted by atomic mass is 10.0. The predicted molar refractivity (Wildman–Crippen MR) is 88.1 cm³/mol. The molecule has 3 aromatic rings. The Hall–Kier alpha value is -3.22. The Morgan fingerprint density at radius 1 is 1.17 bits per heavy atom. The molecular formula is C17H17N5O2. The SMILES string of the molecule is COc1cccc(-c2ccc(CNC(=O)Cn3cnnn3)cc2)c1. The number of carbonyl (C=O) groups excluding carboxylic acids is 1. The third-order valence-electron chi connectivity index (χ3n) is 3.54. The molecule has 0 atom stereocenters. The van der Waals surface area contributed by atoms with E-state index >= 15 is 0 Å². The summed E-state index contributed by atoms with van der Waals surface area (Å²) in [6, 6.07) is 15.9. The van der Waals surface area contributed by atoms with Gasteiger partial charge < -0.3 is 10.1 Å². The summed E-state index contributed by atoms with van der Waals surface area (Å²) in [5.74, 6) is 0.686. The van der Waals surface area contributed by atoms with Crippen LogP contribution in [0.15, 0.2) is 54.9 Å². The van der Waals surface area contributed by atoms with E-state index < -0.39 is 0 Å². The van der Waals surface area contributed by atoms with Gasteiger partial charge in [0.15, 0.2) is 0 Å². The smallest absolute Gasteiger partial charge is 0.242 e. The highest BCUT2D eigenvalue weighted by Crippen LogP contribution is 2.23. The molecule has 0 radical (unpaired) electrons. The van der Waals surface area contributed by atoms with Gasteiger partial charge in [-0.3, -0.25) is 4.79 Å². The van der Waals surface area contributed by atoms with Gasteiger partial charge in [0.05, 0.1) is 7.11 Å². The normalized spacial score (nSPS) is 10.4. The lowest BCUT2D eigenvalue weighted by Gasteiger charge is -2.08. The fourth-order valence-electron chi connectivity index (χ4n) is 2.27. The van der Waals surface area contributed by atoms with Crippen molar-refractivity contribution in [2.75, 3.05) is 7.11 Å². The average Bonchev–Trinajstić information content (AvgIpc) is 3.13. The average molecular weight is 323 g/mol. The van der Waals surface area contributed by atoms with Crippen LogP contribution in [0.25, 0.3) is 11.1 Å². The Morgan fingerprint density at radius 3 is 2.71 bits per heavy atom. The molecule has 0 aliphatic rings. The number of rotatable bonds is 6. The molecule has 0 saturated heterocycles. The number of amides is 1. The van der Waals surface area contributed by atoms with Crippen LogP contribution in [0.2, 0.25) is 0 Å². The number of nitrogens with zero attached hydrogens (tertiary/aromatic N) is 4. The molecule has 0 aliphatic carbocycles. The Kier molecular flexibility index (Phi) is 4.81. The van der Waals surface area contributed by atoms with E-state index in [9.17, 15) is 4.79 Å². The minimum absolute atomic E-state index is 0.106. The van der Waals surface area contributed by atoms with E-state index in [0.29, 0.717) is 6.54 Å². The maximum absolute atomic E-state index is 11.8. The van der Waals surface area contributed by atoms with Gasteiger partial charge in [-0.05, 0) is 39.2 Å². The third-order valence-corrected chi connectivity index (χ3v) is 3.54. The molecule has 1 amide bonds.